The molecule has 0 aromatic carbocycles. The van der Waals surface area contributed by atoms with E-state index in [9.17, 15) is 4.79 Å². The summed E-state index contributed by atoms with van der Waals surface area (Å²) >= 11 is 0. The van der Waals surface area contributed by atoms with Crippen molar-refractivity contribution in [3.05, 3.63) is 10.4 Å². The summed E-state index contributed by atoms with van der Waals surface area (Å²) in [5.41, 5.74) is 8.76. The van der Waals surface area contributed by atoms with Crippen LogP contribution in [0.5, 0.6) is 0 Å². The van der Waals surface area contributed by atoms with Crippen molar-refractivity contribution >= 4 is 14.4 Å². The molecule has 0 unspecified atom stereocenters. The zero-order chi connectivity index (χ0) is 17.0. The van der Waals surface area contributed by atoms with Crippen LogP contribution in [-0.4, -0.2) is 51.2 Å². The van der Waals surface area contributed by atoms with E-state index >= 15 is 0 Å². The second kappa shape index (κ2) is 7.35. The minimum absolute atomic E-state index is 0.0557. The first-order chi connectivity index (χ1) is 10.1. The molecule has 0 saturated carbocycles. The SMILES string of the molecule is CCOC(=O)N1CC[C@@H](N=[N+]=[N-])[C@H](O[Si](C)(C)C(C)(C)C)C1. The molecular weight excluding hydrogens is 300 g/mol. The van der Waals surface area contributed by atoms with E-state index < -0.39 is 8.32 Å². The molecule has 1 heterocycles. The predicted molar refractivity (Wildman–Crippen MR) is 88.2 cm³/mol. The van der Waals surface area contributed by atoms with Crippen molar-refractivity contribution in [1.29, 1.82) is 0 Å². The molecule has 1 saturated heterocycles. The highest BCUT2D eigenvalue weighted by Crippen LogP contribution is 2.38. The Balaban J connectivity index is 2.88. The van der Waals surface area contributed by atoms with Crippen molar-refractivity contribution in [3.63, 3.8) is 0 Å². The molecule has 0 bridgehead atoms. The predicted octanol–water partition coefficient (Wildman–Crippen LogP) is 3.92. The van der Waals surface area contributed by atoms with Crippen LogP contribution in [0, 0.1) is 0 Å². The molecule has 1 aliphatic heterocycles. The number of likely N-dealkylation sites (tertiary alicyclic amines) is 1. The maximum absolute atomic E-state index is 11.9. The fourth-order valence-electron chi connectivity index (χ4n) is 2.15. The quantitative estimate of drug-likeness (QED) is 0.339. The zero-order valence-corrected chi connectivity index (χ0v) is 15.5. The van der Waals surface area contributed by atoms with Gasteiger partial charge in [0.15, 0.2) is 8.32 Å². The molecule has 0 aromatic heterocycles. The lowest BCUT2D eigenvalue weighted by molar-refractivity contribution is 0.0456. The Kier molecular flexibility index (Phi) is 6.28. The van der Waals surface area contributed by atoms with Crippen molar-refractivity contribution in [2.24, 2.45) is 5.11 Å². The maximum atomic E-state index is 11.9. The molecule has 0 aromatic rings. The highest BCUT2D eigenvalue weighted by atomic mass is 28.4. The van der Waals surface area contributed by atoms with Gasteiger partial charge in [0.2, 0.25) is 0 Å². The van der Waals surface area contributed by atoms with Crippen molar-refractivity contribution in [2.75, 3.05) is 19.7 Å². The van der Waals surface area contributed by atoms with Crippen LogP contribution in [0.2, 0.25) is 18.1 Å². The van der Waals surface area contributed by atoms with Crippen LogP contribution in [-0.2, 0) is 9.16 Å². The summed E-state index contributed by atoms with van der Waals surface area (Å²) in [6, 6.07) is -0.232. The number of amides is 1. The summed E-state index contributed by atoms with van der Waals surface area (Å²) in [5.74, 6) is 0. The molecule has 2 atom stereocenters. The van der Waals surface area contributed by atoms with Crippen LogP contribution in [0.15, 0.2) is 5.11 Å². The molecule has 0 aliphatic carbocycles. The van der Waals surface area contributed by atoms with E-state index in [2.05, 4.69) is 43.9 Å². The van der Waals surface area contributed by atoms with Crippen molar-refractivity contribution in [1.82, 2.24) is 4.90 Å². The Morgan fingerprint density at radius 1 is 1.45 bits per heavy atom. The van der Waals surface area contributed by atoms with Crippen LogP contribution in [0.1, 0.15) is 34.1 Å². The van der Waals surface area contributed by atoms with Crippen molar-refractivity contribution < 1.29 is 14.0 Å². The Morgan fingerprint density at radius 3 is 2.59 bits per heavy atom. The Morgan fingerprint density at radius 2 is 2.09 bits per heavy atom. The fourth-order valence-corrected chi connectivity index (χ4v) is 3.50. The molecular formula is C14H28N4O3Si. The van der Waals surface area contributed by atoms with Gasteiger partial charge < -0.3 is 14.1 Å². The van der Waals surface area contributed by atoms with E-state index in [1.165, 1.54) is 0 Å². The second-order valence-corrected chi connectivity index (χ2v) is 11.9. The highest BCUT2D eigenvalue weighted by Gasteiger charge is 2.42. The third-order valence-corrected chi connectivity index (χ3v) is 9.01. The number of azide groups is 1. The Bertz CT molecular complexity index is 444. The maximum Gasteiger partial charge on any atom is 0.409 e. The Hall–Kier alpha value is -1.24. The molecule has 0 radical (unpaired) electrons. The van der Waals surface area contributed by atoms with E-state index in [-0.39, 0.29) is 23.3 Å². The summed E-state index contributed by atoms with van der Waals surface area (Å²) in [6.07, 6.45) is 0.00276. The molecule has 8 heteroatoms. The number of hydrogen-bond acceptors (Lipinski definition) is 4. The molecule has 1 fully saturated rings. The van der Waals surface area contributed by atoms with Gasteiger partial charge in [-0.1, -0.05) is 25.9 Å². The fraction of sp³-hybridized carbons (Fsp3) is 0.929. The molecule has 1 rings (SSSR count). The van der Waals surface area contributed by atoms with Crippen LogP contribution in [0.25, 0.3) is 10.4 Å². The zero-order valence-electron chi connectivity index (χ0n) is 14.5. The first kappa shape index (κ1) is 18.8. The monoisotopic (exact) mass is 328 g/mol. The number of ether oxygens (including phenoxy) is 1. The van der Waals surface area contributed by atoms with Crippen LogP contribution >= 0.6 is 0 Å². The van der Waals surface area contributed by atoms with Gasteiger partial charge in [-0.3, -0.25) is 0 Å². The molecule has 22 heavy (non-hydrogen) atoms. The van der Waals surface area contributed by atoms with Gasteiger partial charge in [0.05, 0.1) is 18.8 Å². The number of carbonyl (C=O) groups excluding carboxylic acids is 1. The number of piperidine rings is 1. The molecule has 126 valence electrons. The van der Waals surface area contributed by atoms with Crippen molar-refractivity contribution in [3.8, 4) is 0 Å². The number of nitrogens with zero attached hydrogens (tertiary/aromatic N) is 4. The lowest BCUT2D eigenvalue weighted by Gasteiger charge is -2.44. The lowest BCUT2D eigenvalue weighted by atomic mass is 10.0. The van der Waals surface area contributed by atoms with E-state index in [1.54, 1.807) is 11.8 Å². The van der Waals surface area contributed by atoms with Gasteiger partial charge in [-0.05, 0) is 37.0 Å². The molecule has 7 nitrogen and oxygen atoms in total. The van der Waals surface area contributed by atoms with Gasteiger partial charge in [0.25, 0.3) is 0 Å². The third-order valence-electron chi connectivity index (χ3n) is 4.50. The summed E-state index contributed by atoms with van der Waals surface area (Å²) in [4.78, 5) is 16.5. The van der Waals surface area contributed by atoms with Gasteiger partial charge in [-0.2, -0.15) is 0 Å². The smallest absolute Gasteiger partial charge is 0.409 e. The first-order valence-corrected chi connectivity index (χ1v) is 10.7. The topological polar surface area (TPSA) is 87.5 Å². The summed E-state index contributed by atoms with van der Waals surface area (Å²) in [5, 5.41) is 3.93. The summed E-state index contributed by atoms with van der Waals surface area (Å²) in [7, 11) is -2.01. The molecule has 1 amide bonds. The minimum Gasteiger partial charge on any atom is -0.450 e. The van der Waals surface area contributed by atoms with Crippen LogP contribution in [0.4, 0.5) is 4.79 Å². The highest BCUT2D eigenvalue weighted by molar-refractivity contribution is 6.74. The average molecular weight is 328 g/mol. The first-order valence-electron chi connectivity index (χ1n) is 7.76. The molecule has 0 spiro atoms. The van der Waals surface area contributed by atoms with E-state index in [1.807, 2.05) is 0 Å². The van der Waals surface area contributed by atoms with E-state index in [0.717, 1.165) is 0 Å². The summed E-state index contributed by atoms with van der Waals surface area (Å²) in [6.45, 7) is 13.9. The van der Waals surface area contributed by atoms with Gasteiger partial charge in [-0.25, -0.2) is 4.79 Å². The molecule has 1 aliphatic rings. The van der Waals surface area contributed by atoms with Crippen LogP contribution < -0.4 is 0 Å². The minimum atomic E-state index is -2.01. The molecule has 0 N–H and O–H groups in total. The van der Waals surface area contributed by atoms with Gasteiger partial charge in [0, 0.05) is 18.0 Å². The standard InChI is InChI=1S/C14H28N4O3Si/c1-7-20-13(19)18-9-8-11(16-17-15)12(10-18)21-22(5,6)14(2,3)4/h11-12H,7-10H2,1-6H3/t11-,12-/m1/s1. The summed E-state index contributed by atoms with van der Waals surface area (Å²) < 4.78 is 11.5. The Labute approximate surface area is 133 Å². The van der Waals surface area contributed by atoms with Crippen LogP contribution in [0.3, 0.4) is 0 Å². The van der Waals surface area contributed by atoms with Gasteiger partial charge in [-0.15, -0.1) is 0 Å². The average Bonchev–Trinajstić information content (AvgIpc) is 2.39. The third kappa shape index (κ3) is 4.63. The normalized spacial score (nSPS) is 22.9. The number of rotatable bonds is 4. The van der Waals surface area contributed by atoms with E-state index in [4.69, 9.17) is 14.7 Å². The largest absolute Gasteiger partial charge is 0.450 e. The van der Waals surface area contributed by atoms with Gasteiger partial charge >= 0.3 is 6.09 Å². The van der Waals surface area contributed by atoms with Crippen molar-refractivity contribution in [2.45, 2.75) is 64.4 Å². The lowest BCUT2D eigenvalue weighted by Crippen LogP contribution is -2.55. The van der Waals surface area contributed by atoms with E-state index in [0.29, 0.717) is 26.1 Å². The number of carbonyl (C=O) groups is 1. The number of hydrogen-bond donors (Lipinski definition) is 0. The second-order valence-electron chi connectivity index (χ2n) is 7.12. The van der Waals surface area contributed by atoms with Gasteiger partial charge in [0.1, 0.15) is 0 Å².